The molecule has 11 heteroatoms. The summed E-state index contributed by atoms with van der Waals surface area (Å²) >= 11 is 0. The van der Waals surface area contributed by atoms with Gasteiger partial charge in [0.1, 0.15) is 6.04 Å². The number of Topliss-reactive ketones (excluding diaryl/α,β-unsaturated/α-hetero) is 1. The van der Waals surface area contributed by atoms with Crippen molar-refractivity contribution in [3.63, 3.8) is 0 Å². The molecule has 9 nitrogen and oxygen atoms in total. The highest BCUT2D eigenvalue weighted by Gasteiger charge is 2.41. The van der Waals surface area contributed by atoms with Gasteiger partial charge in [0.25, 0.3) is 5.91 Å². The molecule has 166 valence electrons. The molecule has 1 fully saturated rings. The second-order valence-electron chi connectivity index (χ2n) is 7.72. The number of rotatable bonds is 6. The number of nitrogens with two attached hydrogens (primary N) is 1. The minimum absolute atomic E-state index is 0.0458. The van der Waals surface area contributed by atoms with Gasteiger partial charge in [0.05, 0.1) is 5.56 Å². The molecule has 2 aliphatic heterocycles. The molecule has 0 bridgehead atoms. The molecule has 2 aromatic rings. The van der Waals surface area contributed by atoms with Crippen molar-refractivity contribution in [2.45, 2.75) is 44.2 Å². The molecular weight excluding hydrogens is 424 g/mol. The van der Waals surface area contributed by atoms with Crippen LogP contribution in [0.4, 0.5) is 14.7 Å². The number of hydrogen-bond donors (Lipinski definition) is 2. The van der Waals surface area contributed by atoms with Gasteiger partial charge >= 0.3 is 5.92 Å². The molecule has 0 radical (unpaired) electrons. The number of amides is 3. The molecule has 32 heavy (non-hydrogen) atoms. The number of imide groups is 1. The van der Waals surface area contributed by atoms with Gasteiger partial charge in [-0.15, -0.1) is 0 Å². The molecule has 0 saturated carbocycles. The first-order chi connectivity index (χ1) is 15.2. The molecular formula is C21H19F2N5O4. The van der Waals surface area contributed by atoms with Gasteiger partial charge in [-0.3, -0.25) is 24.5 Å². The summed E-state index contributed by atoms with van der Waals surface area (Å²) in [6.45, 7) is 0.168. The zero-order chi connectivity index (χ0) is 23.0. The number of aryl methyl sites for hydroxylation is 1. The Morgan fingerprint density at radius 1 is 1.22 bits per heavy atom. The maximum absolute atomic E-state index is 14.4. The Labute approximate surface area is 181 Å². The van der Waals surface area contributed by atoms with E-state index in [1.165, 1.54) is 4.90 Å². The van der Waals surface area contributed by atoms with Crippen molar-refractivity contribution in [2.24, 2.45) is 0 Å². The Hall–Kier alpha value is -3.76. The Balaban J connectivity index is 1.43. The van der Waals surface area contributed by atoms with Gasteiger partial charge in [0.15, 0.2) is 0 Å². The number of anilines is 1. The van der Waals surface area contributed by atoms with Crippen molar-refractivity contribution in [3.05, 3.63) is 52.8 Å². The van der Waals surface area contributed by atoms with E-state index < -0.39 is 35.6 Å². The molecule has 2 aliphatic rings. The summed E-state index contributed by atoms with van der Waals surface area (Å²) in [4.78, 5) is 56.7. The van der Waals surface area contributed by atoms with Crippen LogP contribution < -0.4 is 11.1 Å². The van der Waals surface area contributed by atoms with E-state index in [1.807, 2.05) is 0 Å². The number of alkyl halides is 2. The van der Waals surface area contributed by atoms with Gasteiger partial charge < -0.3 is 10.6 Å². The fourth-order valence-corrected chi connectivity index (χ4v) is 3.86. The number of aromatic nitrogens is 2. The molecule has 1 unspecified atom stereocenters. The first-order valence-electron chi connectivity index (χ1n) is 9.92. The number of piperidine rings is 1. The van der Waals surface area contributed by atoms with Crippen molar-refractivity contribution in [1.29, 1.82) is 0 Å². The van der Waals surface area contributed by atoms with Crippen LogP contribution in [0.15, 0.2) is 30.6 Å². The number of ketones is 1. The highest BCUT2D eigenvalue weighted by molar-refractivity contribution is 6.05. The minimum atomic E-state index is -3.75. The number of benzene rings is 1. The van der Waals surface area contributed by atoms with Crippen LogP contribution in [0.25, 0.3) is 0 Å². The quantitative estimate of drug-likeness (QED) is 0.639. The number of carbonyl (C=O) groups is 4. The minimum Gasteiger partial charge on any atom is -0.368 e. The average Bonchev–Trinajstić information content (AvgIpc) is 3.08. The summed E-state index contributed by atoms with van der Waals surface area (Å²) in [6, 6.07) is 4.10. The maximum atomic E-state index is 14.4. The van der Waals surface area contributed by atoms with E-state index >= 15 is 0 Å². The van der Waals surface area contributed by atoms with E-state index in [-0.39, 0.29) is 43.6 Å². The van der Waals surface area contributed by atoms with Crippen LogP contribution in [-0.2, 0) is 33.3 Å². The number of hydrogen-bond acceptors (Lipinski definition) is 7. The molecule has 0 spiro atoms. The summed E-state index contributed by atoms with van der Waals surface area (Å²) in [5.74, 6) is -6.41. The lowest BCUT2D eigenvalue weighted by Gasteiger charge is -2.29. The van der Waals surface area contributed by atoms with Crippen molar-refractivity contribution in [3.8, 4) is 0 Å². The van der Waals surface area contributed by atoms with Gasteiger partial charge in [0.2, 0.25) is 23.5 Å². The highest BCUT2D eigenvalue weighted by Crippen LogP contribution is 2.31. The van der Waals surface area contributed by atoms with Crippen molar-refractivity contribution in [2.75, 3.05) is 5.73 Å². The zero-order valence-electron chi connectivity index (χ0n) is 16.8. The normalized spacial score (nSPS) is 18.5. The predicted octanol–water partition coefficient (Wildman–Crippen LogP) is 1.11. The third-order valence-corrected chi connectivity index (χ3v) is 5.61. The number of nitrogen functional groups attached to an aromatic ring is 1. The molecule has 1 aromatic heterocycles. The van der Waals surface area contributed by atoms with Gasteiger partial charge in [-0.05, 0) is 30.0 Å². The fourth-order valence-electron chi connectivity index (χ4n) is 3.86. The maximum Gasteiger partial charge on any atom is 0.333 e. The summed E-state index contributed by atoms with van der Waals surface area (Å²) in [7, 11) is 0. The highest BCUT2D eigenvalue weighted by atomic mass is 19.3. The molecule has 0 aliphatic carbocycles. The van der Waals surface area contributed by atoms with E-state index in [4.69, 9.17) is 5.73 Å². The molecule has 4 rings (SSSR count). The van der Waals surface area contributed by atoms with Crippen molar-refractivity contribution >= 4 is 29.5 Å². The summed E-state index contributed by atoms with van der Waals surface area (Å²) in [6.07, 6.45) is 1.66. The van der Waals surface area contributed by atoms with Crippen molar-refractivity contribution in [1.82, 2.24) is 20.2 Å². The molecule has 1 aromatic carbocycles. The number of fused-ring (bicyclic) bond motifs is 1. The largest absolute Gasteiger partial charge is 0.368 e. The number of carbonyl (C=O) groups excluding carboxylic acids is 4. The van der Waals surface area contributed by atoms with Crippen LogP contribution in [0.2, 0.25) is 0 Å². The molecule has 1 saturated heterocycles. The smallest absolute Gasteiger partial charge is 0.333 e. The summed E-state index contributed by atoms with van der Waals surface area (Å²) in [5.41, 5.74) is 6.32. The summed E-state index contributed by atoms with van der Waals surface area (Å²) in [5, 5.41) is 2.23. The van der Waals surface area contributed by atoms with Crippen LogP contribution in [0.3, 0.4) is 0 Å². The molecule has 1 atom stereocenters. The van der Waals surface area contributed by atoms with Gasteiger partial charge in [-0.2, -0.15) is 8.78 Å². The van der Waals surface area contributed by atoms with E-state index in [0.717, 1.165) is 12.4 Å². The lowest BCUT2D eigenvalue weighted by molar-refractivity contribution is -0.144. The number of nitrogens with zero attached hydrogens (tertiary/aromatic N) is 3. The third-order valence-electron chi connectivity index (χ3n) is 5.61. The van der Waals surface area contributed by atoms with Crippen LogP contribution in [-0.4, -0.2) is 44.4 Å². The lowest BCUT2D eigenvalue weighted by Crippen LogP contribution is -2.52. The van der Waals surface area contributed by atoms with Crippen LogP contribution in [0.1, 0.15) is 46.3 Å². The number of nitrogens with one attached hydrogen (secondary N) is 1. The van der Waals surface area contributed by atoms with E-state index in [2.05, 4.69) is 15.3 Å². The van der Waals surface area contributed by atoms with Crippen LogP contribution in [0.5, 0.6) is 0 Å². The summed E-state index contributed by atoms with van der Waals surface area (Å²) < 4.78 is 28.8. The van der Waals surface area contributed by atoms with Gasteiger partial charge in [0, 0.05) is 37.3 Å². The third kappa shape index (κ3) is 3.93. The van der Waals surface area contributed by atoms with Crippen LogP contribution >= 0.6 is 0 Å². The monoisotopic (exact) mass is 443 g/mol. The molecule has 3 amide bonds. The second-order valence-corrected chi connectivity index (χ2v) is 7.72. The topological polar surface area (TPSA) is 135 Å². The average molecular weight is 443 g/mol. The van der Waals surface area contributed by atoms with E-state index in [1.54, 1.807) is 18.2 Å². The van der Waals surface area contributed by atoms with Crippen LogP contribution in [0, 0.1) is 0 Å². The standard InChI is InChI=1S/C21H19F2N5O4/c22-21(23,13-8-25-20(24)26-9-13)16(29)5-2-11-1-3-14-12(7-11)10-28(19(14)32)15-4-6-17(30)27-18(15)31/h1,3,7-9,15H,2,4-6,10H2,(H2,24,25,26)(H,27,30,31). The Bertz CT molecular complexity index is 1120. The van der Waals surface area contributed by atoms with Gasteiger partial charge in [-0.1, -0.05) is 12.1 Å². The van der Waals surface area contributed by atoms with Gasteiger partial charge in [-0.25, -0.2) is 9.97 Å². The molecule has 3 N–H and O–H groups in total. The Kier molecular flexibility index (Phi) is 5.41. The lowest BCUT2D eigenvalue weighted by atomic mass is 9.98. The second kappa shape index (κ2) is 8.06. The number of halogens is 2. The Morgan fingerprint density at radius 3 is 2.62 bits per heavy atom. The first kappa shape index (κ1) is 21.5. The first-order valence-corrected chi connectivity index (χ1v) is 9.92. The predicted molar refractivity (Wildman–Crippen MR) is 106 cm³/mol. The van der Waals surface area contributed by atoms with E-state index in [0.29, 0.717) is 16.7 Å². The van der Waals surface area contributed by atoms with E-state index in [9.17, 15) is 28.0 Å². The fraction of sp³-hybridized carbons (Fsp3) is 0.333. The van der Waals surface area contributed by atoms with Crippen molar-refractivity contribution < 1.29 is 28.0 Å². The molecule has 3 heterocycles. The SMILES string of the molecule is Nc1ncc(C(F)(F)C(=O)CCc2ccc3c(c2)CN(C2CCC(=O)NC2=O)C3=O)cn1. The Morgan fingerprint density at radius 2 is 1.94 bits per heavy atom. The zero-order valence-corrected chi connectivity index (χ0v) is 16.8.